The van der Waals surface area contributed by atoms with Crippen LogP contribution >= 0.6 is 15.9 Å². The molecule has 1 aromatic heterocycles. The van der Waals surface area contributed by atoms with Crippen LogP contribution < -0.4 is 10.5 Å². The number of hydrogen-bond acceptors (Lipinski definition) is 5. The highest BCUT2D eigenvalue weighted by Crippen LogP contribution is 2.34. The zero-order valence-corrected chi connectivity index (χ0v) is 19.2. The number of nitrogens with two attached hydrogens (primary N) is 1. The summed E-state index contributed by atoms with van der Waals surface area (Å²) in [5.74, 6) is -0.391. The molecule has 0 amide bonds. The van der Waals surface area contributed by atoms with Gasteiger partial charge in [0.1, 0.15) is 17.1 Å². The Morgan fingerprint density at radius 2 is 2.06 bits per heavy atom. The van der Waals surface area contributed by atoms with Gasteiger partial charge in [-0.25, -0.2) is 9.37 Å². The van der Waals surface area contributed by atoms with Crippen molar-refractivity contribution in [1.29, 1.82) is 0 Å². The minimum absolute atomic E-state index is 0.0916. The zero-order chi connectivity index (χ0) is 23.5. The van der Waals surface area contributed by atoms with E-state index in [9.17, 15) is 9.18 Å². The SMILES string of the molecule is COc1cc(C(N)C=Cc2ccc(Br)cc2F)ccc1-c1nc2cc(CC(=O)O)ccc2o1. The van der Waals surface area contributed by atoms with E-state index in [4.69, 9.17) is 20.0 Å². The number of fused-ring (bicyclic) bond motifs is 1. The number of aliphatic carboxylic acids is 1. The Balaban J connectivity index is 1.61. The number of carbonyl (C=O) groups is 1. The van der Waals surface area contributed by atoms with Crippen molar-refractivity contribution in [2.75, 3.05) is 7.11 Å². The van der Waals surface area contributed by atoms with E-state index in [2.05, 4.69) is 20.9 Å². The van der Waals surface area contributed by atoms with Crippen molar-refractivity contribution >= 4 is 39.1 Å². The lowest BCUT2D eigenvalue weighted by Crippen LogP contribution is -2.07. The van der Waals surface area contributed by atoms with Crippen molar-refractivity contribution < 1.29 is 23.4 Å². The molecular weight excluding hydrogens is 491 g/mol. The second-order valence-corrected chi connectivity index (χ2v) is 8.32. The van der Waals surface area contributed by atoms with E-state index in [0.29, 0.717) is 43.9 Å². The normalized spacial score (nSPS) is 12.4. The predicted molar refractivity (Wildman–Crippen MR) is 127 cm³/mol. The Morgan fingerprint density at radius 3 is 2.79 bits per heavy atom. The van der Waals surface area contributed by atoms with E-state index in [1.165, 1.54) is 13.2 Å². The number of rotatable bonds is 7. The number of nitrogens with zero attached hydrogens (tertiary/aromatic N) is 1. The summed E-state index contributed by atoms with van der Waals surface area (Å²) in [6, 6.07) is 14.8. The molecule has 6 nitrogen and oxygen atoms in total. The summed E-state index contributed by atoms with van der Waals surface area (Å²) >= 11 is 3.24. The molecule has 4 rings (SSSR count). The number of ether oxygens (including phenoxy) is 1. The maximum atomic E-state index is 14.0. The summed E-state index contributed by atoms with van der Waals surface area (Å²) in [7, 11) is 1.54. The summed E-state index contributed by atoms with van der Waals surface area (Å²) in [6.45, 7) is 0. The van der Waals surface area contributed by atoms with Crippen LogP contribution in [0.15, 0.2) is 69.6 Å². The smallest absolute Gasteiger partial charge is 0.307 e. The third-order valence-corrected chi connectivity index (χ3v) is 5.59. The molecule has 3 N–H and O–H groups in total. The van der Waals surface area contributed by atoms with Crippen molar-refractivity contribution in [2.24, 2.45) is 5.73 Å². The molecule has 0 spiro atoms. The maximum Gasteiger partial charge on any atom is 0.307 e. The molecule has 0 aliphatic rings. The van der Waals surface area contributed by atoms with Crippen molar-refractivity contribution in [3.63, 3.8) is 0 Å². The molecule has 0 radical (unpaired) electrons. The Morgan fingerprint density at radius 1 is 1.24 bits per heavy atom. The van der Waals surface area contributed by atoms with E-state index in [0.717, 1.165) is 5.56 Å². The first kappa shape index (κ1) is 22.7. The fourth-order valence-electron chi connectivity index (χ4n) is 3.42. The Hall–Kier alpha value is -3.49. The van der Waals surface area contributed by atoms with Gasteiger partial charge in [-0.3, -0.25) is 4.79 Å². The van der Waals surface area contributed by atoms with Crippen LogP contribution in [-0.4, -0.2) is 23.2 Å². The minimum atomic E-state index is -0.913. The van der Waals surface area contributed by atoms with E-state index in [1.807, 2.05) is 6.07 Å². The van der Waals surface area contributed by atoms with Crippen LogP contribution in [0.25, 0.3) is 28.6 Å². The van der Waals surface area contributed by atoms with Gasteiger partial charge in [-0.1, -0.05) is 46.3 Å². The maximum absolute atomic E-state index is 14.0. The number of carboxylic acids is 1. The largest absolute Gasteiger partial charge is 0.496 e. The molecule has 1 heterocycles. The lowest BCUT2D eigenvalue weighted by atomic mass is 10.0. The predicted octanol–water partition coefficient (Wildman–Crippen LogP) is 5.75. The van der Waals surface area contributed by atoms with Crippen LogP contribution in [0.4, 0.5) is 4.39 Å². The van der Waals surface area contributed by atoms with Crippen LogP contribution in [0, 0.1) is 5.82 Å². The molecule has 1 atom stereocenters. The van der Waals surface area contributed by atoms with Gasteiger partial charge in [-0.05, 0) is 47.5 Å². The van der Waals surface area contributed by atoms with Gasteiger partial charge in [-0.15, -0.1) is 0 Å². The minimum Gasteiger partial charge on any atom is -0.496 e. The summed E-state index contributed by atoms with van der Waals surface area (Å²) in [6.07, 6.45) is 3.26. The monoisotopic (exact) mass is 510 g/mol. The third kappa shape index (κ3) is 5.13. The van der Waals surface area contributed by atoms with E-state index in [1.54, 1.807) is 54.6 Å². The Kier molecular flexibility index (Phi) is 6.57. The van der Waals surface area contributed by atoms with Crippen LogP contribution in [0.5, 0.6) is 5.75 Å². The first-order chi connectivity index (χ1) is 15.8. The average Bonchev–Trinajstić information content (AvgIpc) is 3.20. The fraction of sp³-hybridized carbons (Fsp3) is 0.120. The molecule has 1 unspecified atom stereocenters. The van der Waals surface area contributed by atoms with Gasteiger partial charge in [-0.2, -0.15) is 0 Å². The number of oxazole rings is 1. The first-order valence-electron chi connectivity index (χ1n) is 10.0. The molecule has 33 heavy (non-hydrogen) atoms. The number of aromatic nitrogens is 1. The molecule has 0 bridgehead atoms. The van der Waals surface area contributed by atoms with E-state index >= 15 is 0 Å². The van der Waals surface area contributed by atoms with E-state index in [-0.39, 0.29) is 12.2 Å². The number of hydrogen-bond donors (Lipinski definition) is 2. The topological polar surface area (TPSA) is 98.6 Å². The highest BCUT2D eigenvalue weighted by Gasteiger charge is 2.16. The Bertz CT molecular complexity index is 1370. The number of methoxy groups -OCH3 is 1. The highest BCUT2D eigenvalue weighted by molar-refractivity contribution is 9.10. The highest BCUT2D eigenvalue weighted by atomic mass is 79.9. The molecule has 0 saturated carbocycles. The van der Waals surface area contributed by atoms with Gasteiger partial charge < -0.3 is 20.0 Å². The van der Waals surface area contributed by atoms with Gasteiger partial charge in [0.05, 0.1) is 19.1 Å². The zero-order valence-electron chi connectivity index (χ0n) is 17.6. The van der Waals surface area contributed by atoms with Crippen molar-refractivity contribution in [1.82, 2.24) is 4.98 Å². The number of benzene rings is 3. The molecule has 0 aliphatic carbocycles. The molecular formula is C25H20BrFN2O4. The van der Waals surface area contributed by atoms with Gasteiger partial charge >= 0.3 is 5.97 Å². The third-order valence-electron chi connectivity index (χ3n) is 5.09. The Labute approximate surface area is 197 Å². The summed E-state index contributed by atoms with van der Waals surface area (Å²) in [5, 5.41) is 8.99. The molecule has 8 heteroatoms. The first-order valence-corrected chi connectivity index (χ1v) is 10.8. The molecule has 168 valence electrons. The van der Waals surface area contributed by atoms with Gasteiger partial charge in [0.2, 0.25) is 5.89 Å². The van der Waals surface area contributed by atoms with Gasteiger partial charge in [0, 0.05) is 16.1 Å². The van der Waals surface area contributed by atoms with Crippen molar-refractivity contribution in [3.05, 3.63) is 87.7 Å². The number of halogens is 2. The van der Waals surface area contributed by atoms with Crippen LogP contribution in [0.1, 0.15) is 22.7 Å². The standard InChI is InChI=1S/C25H20BrFN2O4/c1-32-23-12-16(20(28)8-5-15-3-6-17(26)13-19(15)27)4-7-18(23)25-29-21-10-14(11-24(30)31)2-9-22(21)33-25/h2-10,12-13,20H,11,28H2,1H3,(H,30,31). The molecule has 4 aromatic rings. The molecule has 3 aromatic carbocycles. The summed E-state index contributed by atoms with van der Waals surface area (Å²) in [5.41, 5.74) is 9.87. The van der Waals surface area contributed by atoms with Crippen LogP contribution in [-0.2, 0) is 11.2 Å². The molecule has 0 saturated heterocycles. The second kappa shape index (κ2) is 9.56. The average molecular weight is 511 g/mol. The van der Waals surface area contributed by atoms with Crippen molar-refractivity contribution in [2.45, 2.75) is 12.5 Å². The van der Waals surface area contributed by atoms with E-state index < -0.39 is 12.0 Å². The molecule has 0 aliphatic heterocycles. The fourth-order valence-corrected chi connectivity index (χ4v) is 3.75. The summed E-state index contributed by atoms with van der Waals surface area (Å²) < 4.78 is 26.1. The van der Waals surface area contributed by atoms with Crippen LogP contribution in [0.2, 0.25) is 0 Å². The second-order valence-electron chi connectivity index (χ2n) is 7.40. The van der Waals surface area contributed by atoms with Gasteiger partial charge in [0.25, 0.3) is 0 Å². The lowest BCUT2D eigenvalue weighted by molar-refractivity contribution is -0.136. The quantitative estimate of drug-likeness (QED) is 0.328. The van der Waals surface area contributed by atoms with Crippen molar-refractivity contribution in [3.8, 4) is 17.2 Å². The lowest BCUT2D eigenvalue weighted by Gasteiger charge is -2.12. The number of carboxylic acid groups (broad SMARTS) is 1. The molecule has 0 fully saturated rings. The summed E-state index contributed by atoms with van der Waals surface area (Å²) in [4.78, 5) is 15.5. The van der Waals surface area contributed by atoms with Gasteiger partial charge in [0.15, 0.2) is 5.58 Å². The van der Waals surface area contributed by atoms with Crippen LogP contribution in [0.3, 0.4) is 0 Å².